The van der Waals surface area contributed by atoms with Crippen LogP contribution >= 0.6 is 0 Å². The summed E-state index contributed by atoms with van der Waals surface area (Å²) in [5.41, 5.74) is -0.614. The average molecular weight is 398 g/mol. The molecule has 0 aliphatic heterocycles. The number of hydrogen-bond acceptors (Lipinski definition) is 2. The molecule has 0 spiro atoms. The number of aliphatic imine (C=N–C) groups is 1. The van der Waals surface area contributed by atoms with Crippen molar-refractivity contribution in [1.82, 2.24) is 16.0 Å². The molecule has 0 saturated heterocycles. The van der Waals surface area contributed by atoms with Gasteiger partial charge >= 0.3 is 6.18 Å². The number of nitrogens with zero attached hydrogens (tertiary/aromatic N) is 1. The van der Waals surface area contributed by atoms with Crippen molar-refractivity contribution in [2.45, 2.75) is 57.7 Å². The molecule has 0 aromatic heterocycles. The fourth-order valence-electron chi connectivity index (χ4n) is 2.95. The Labute approximate surface area is 164 Å². The molecule has 5 nitrogen and oxygen atoms in total. The Balaban J connectivity index is 2.03. The summed E-state index contributed by atoms with van der Waals surface area (Å²) in [5.74, 6) is 0.286. The summed E-state index contributed by atoms with van der Waals surface area (Å²) in [6.45, 7) is 8.64. The molecule has 8 heteroatoms. The van der Waals surface area contributed by atoms with Gasteiger partial charge in [-0.3, -0.25) is 4.79 Å². The van der Waals surface area contributed by atoms with Crippen molar-refractivity contribution in [1.29, 1.82) is 0 Å². The SMILES string of the molecule is CCNC(=NCC(=O)NC(C)(C)C)NCC1(c2cccc(C(F)(F)F)c2)CC1. The van der Waals surface area contributed by atoms with Crippen LogP contribution < -0.4 is 16.0 Å². The third-order valence-corrected chi connectivity index (χ3v) is 4.49. The maximum Gasteiger partial charge on any atom is 0.416 e. The minimum atomic E-state index is -4.35. The number of amides is 1. The summed E-state index contributed by atoms with van der Waals surface area (Å²) < 4.78 is 39.0. The molecule has 1 aliphatic carbocycles. The van der Waals surface area contributed by atoms with Crippen molar-refractivity contribution in [3.8, 4) is 0 Å². The Morgan fingerprint density at radius 1 is 1.18 bits per heavy atom. The molecule has 2 rings (SSSR count). The zero-order valence-corrected chi connectivity index (χ0v) is 16.8. The van der Waals surface area contributed by atoms with Crippen LogP contribution in [0.15, 0.2) is 29.3 Å². The van der Waals surface area contributed by atoms with Gasteiger partial charge in [-0.1, -0.05) is 18.2 Å². The fraction of sp³-hybridized carbons (Fsp3) is 0.600. The zero-order chi connectivity index (χ0) is 21.0. The lowest BCUT2D eigenvalue weighted by atomic mass is 9.94. The van der Waals surface area contributed by atoms with E-state index in [1.807, 2.05) is 27.7 Å². The first-order chi connectivity index (χ1) is 13.0. The number of carbonyl (C=O) groups is 1. The van der Waals surface area contributed by atoms with Crippen molar-refractivity contribution < 1.29 is 18.0 Å². The number of guanidine groups is 1. The number of hydrogen-bond donors (Lipinski definition) is 3. The average Bonchev–Trinajstić information content (AvgIpc) is 3.36. The van der Waals surface area contributed by atoms with E-state index in [4.69, 9.17) is 0 Å². The van der Waals surface area contributed by atoms with Gasteiger partial charge in [0.1, 0.15) is 6.54 Å². The van der Waals surface area contributed by atoms with E-state index >= 15 is 0 Å². The molecular weight excluding hydrogens is 369 g/mol. The lowest BCUT2D eigenvalue weighted by Crippen LogP contribution is -2.44. The monoisotopic (exact) mass is 398 g/mol. The summed E-state index contributed by atoms with van der Waals surface area (Å²) in [7, 11) is 0. The van der Waals surface area contributed by atoms with E-state index in [0.717, 1.165) is 18.9 Å². The predicted octanol–water partition coefficient (Wildman–Crippen LogP) is 3.21. The molecule has 0 radical (unpaired) electrons. The Bertz CT molecular complexity index is 719. The molecule has 3 N–H and O–H groups in total. The molecule has 0 bridgehead atoms. The molecule has 1 amide bonds. The highest BCUT2D eigenvalue weighted by Gasteiger charge is 2.45. The lowest BCUT2D eigenvalue weighted by molar-refractivity contribution is -0.137. The van der Waals surface area contributed by atoms with Gasteiger partial charge in [-0.2, -0.15) is 13.2 Å². The first-order valence-electron chi connectivity index (χ1n) is 9.46. The third-order valence-electron chi connectivity index (χ3n) is 4.49. The van der Waals surface area contributed by atoms with Gasteiger partial charge in [-0.25, -0.2) is 4.99 Å². The largest absolute Gasteiger partial charge is 0.416 e. The van der Waals surface area contributed by atoms with Gasteiger partial charge in [0.25, 0.3) is 0 Å². The van der Waals surface area contributed by atoms with Gasteiger partial charge in [0.05, 0.1) is 5.56 Å². The van der Waals surface area contributed by atoms with Crippen molar-refractivity contribution in [3.05, 3.63) is 35.4 Å². The molecule has 1 aromatic rings. The Kier molecular flexibility index (Phi) is 6.62. The lowest BCUT2D eigenvalue weighted by Gasteiger charge is -2.21. The quantitative estimate of drug-likeness (QED) is 0.509. The van der Waals surface area contributed by atoms with Gasteiger partial charge in [0.2, 0.25) is 5.91 Å². The van der Waals surface area contributed by atoms with Crippen LogP contribution in [-0.4, -0.2) is 37.0 Å². The maximum absolute atomic E-state index is 13.0. The van der Waals surface area contributed by atoms with E-state index in [9.17, 15) is 18.0 Å². The molecule has 0 heterocycles. The van der Waals surface area contributed by atoms with Gasteiger partial charge in [0, 0.05) is 24.0 Å². The minimum absolute atomic E-state index is 0.0246. The smallest absolute Gasteiger partial charge is 0.357 e. The van der Waals surface area contributed by atoms with Crippen LogP contribution in [0.1, 0.15) is 51.7 Å². The number of nitrogens with one attached hydrogen (secondary N) is 3. The van der Waals surface area contributed by atoms with Gasteiger partial charge in [0.15, 0.2) is 5.96 Å². The number of halogens is 3. The van der Waals surface area contributed by atoms with E-state index < -0.39 is 11.7 Å². The second-order valence-electron chi connectivity index (χ2n) is 8.21. The van der Waals surface area contributed by atoms with Crippen molar-refractivity contribution in [2.24, 2.45) is 4.99 Å². The highest BCUT2D eigenvalue weighted by molar-refractivity contribution is 5.85. The van der Waals surface area contributed by atoms with Crippen LogP contribution in [0.2, 0.25) is 0 Å². The Morgan fingerprint density at radius 2 is 1.86 bits per heavy atom. The number of benzene rings is 1. The summed E-state index contributed by atoms with van der Waals surface area (Å²) in [6, 6.07) is 5.51. The topological polar surface area (TPSA) is 65.5 Å². The van der Waals surface area contributed by atoms with Crippen LogP contribution in [0.5, 0.6) is 0 Å². The van der Waals surface area contributed by atoms with Crippen LogP contribution in [-0.2, 0) is 16.4 Å². The highest BCUT2D eigenvalue weighted by Crippen LogP contribution is 2.48. The molecule has 0 atom stereocenters. The second kappa shape index (κ2) is 8.41. The summed E-state index contributed by atoms with van der Waals surface area (Å²) >= 11 is 0. The normalized spacial score (nSPS) is 16.5. The highest BCUT2D eigenvalue weighted by atomic mass is 19.4. The van der Waals surface area contributed by atoms with E-state index in [-0.39, 0.29) is 23.4 Å². The van der Waals surface area contributed by atoms with Crippen LogP contribution in [0.4, 0.5) is 13.2 Å². The molecule has 0 unspecified atom stereocenters. The number of carbonyl (C=O) groups excluding carboxylic acids is 1. The predicted molar refractivity (Wildman–Crippen MR) is 104 cm³/mol. The van der Waals surface area contributed by atoms with Crippen LogP contribution in [0, 0.1) is 0 Å². The second-order valence-corrected chi connectivity index (χ2v) is 8.21. The first kappa shape index (κ1) is 22.0. The minimum Gasteiger partial charge on any atom is -0.357 e. The van der Waals surface area contributed by atoms with Crippen LogP contribution in [0.3, 0.4) is 0 Å². The van der Waals surface area contributed by atoms with E-state index in [1.54, 1.807) is 6.07 Å². The van der Waals surface area contributed by atoms with Gasteiger partial charge in [-0.05, 0) is 52.2 Å². The van der Waals surface area contributed by atoms with Gasteiger partial charge < -0.3 is 16.0 Å². The Morgan fingerprint density at radius 3 is 2.39 bits per heavy atom. The molecule has 28 heavy (non-hydrogen) atoms. The number of alkyl halides is 3. The molecule has 156 valence electrons. The standard InChI is InChI=1S/C20H29F3N4O/c1-5-24-17(25-12-16(28)27-18(2,3)4)26-13-19(9-10-19)14-7-6-8-15(11-14)20(21,22)23/h6-8,11H,5,9-10,12-13H2,1-4H3,(H,27,28)(H2,24,25,26). The van der Waals surface area contributed by atoms with E-state index in [2.05, 4.69) is 20.9 Å². The van der Waals surface area contributed by atoms with Crippen LogP contribution in [0.25, 0.3) is 0 Å². The van der Waals surface area contributed by atoms with E-state index in [0.29, 0.717) is 24.6 Å². The maximum atomic E-state index is 13.0. The zero-order valence-electron chi connectivity index (χ0n) is 16.8. The van der Waals surface area contributed by atoms with Gasteiger partial charge in [-0.15, -0.1) is 0 Å². The summed E-state index contributed by atoms with van der Waals surface area (Å²) in [4.78, 5) is 16.2. The molecular formula is C20H29F3N4O. The first-order valence-corrected chi connectivity index (χ1v) is 9.46. The van der Waals surface area contributed by atoms with E-state index in [1.165, 1.54) is 12.1 Å². The number of rotatable bonds is 6. The molecule has 1 fully saturated rings. The molecule has 1 aromatic carbocycles. The third kappa shape index (κ3) is 6.42. The fourth-order valence-corrected chi connectivity index (χ4v) is 2.95. The Hall–Kier alpha value is -2.25. The summed E-state index contributed by atoms with van der Waals surface area (Å²) in [6.07, 6.45) is -2.73. The molecule has 1 saturated carbocycles. The molecule has 1 aliphatic rings. The summed E-state index contributed by atoms with van der Waals surface area (Å²) in [5, 5.41) is 9.08. The van der Waals surface area contributed by atoms with Crippen molar-refractivity contribution in [3.63, 3.8) is 0 Å². The van der Waals surface area contributed by atoms with Crippen molar-refractivity contribution >= 4 is 11.9 Å². The van der Waals surface area contributed by atoms with Crippen molar-refractivity contribution in [2.75, 3.05) is 19.6 Å².